The van der Waals surface area contributed by atoms with Gasteiger partial charge in [0.25, 0.3) is 0 Å². The first kappa shape index (κ1) is 25.0. The van der Waals surface area contributed by atoms with Crippen molar-refractivity contribution < 1.29 is 9.90 Å². The molecule has 34 heavy (non-hydrogen) atoms. The van der Waals surface area contributed by atoms with Crippen LogP contribution in [0.1, 0.15) is 44.2 Å². The van der Waals surface area contributed by atoms with Crippen molar-refractivity contribution in [1.82, 2.24) is 9.80 Å². The van der Waals surface area contributed by atoms with Gasteiger partial charge in [0.1, 0.15) is 11.6 Å². The van der Waals surface area contributed by atoms with Crippen molar-refractivity contribution in [1.29, 1.82) is 0 Å². The summed E-state index contributed by atoms with van der Waals surface area (Å²) in [5.41, 5.74) is 21.0. The maximum Gasteiger partial charge on any atom is 0.226 e. The number of nitrogens with two attached hydrogens (primary N) is 3. The highest BCUT2D eigenvalue weighted by atomic mass is 16.3. The number of aromatic hydroxyl groups is 1. The zero-order valence-corrected chi connectivity index (χ0v) is 20.3. The first-order valence-electron chi connectivity index (χ1n) is 12.0. The zero-order chi connectivity index (χ0) is 24.8. The minimum absolute atomic E-state index is 0.0161. The summed E-state index contributed by atoms with van der Waals surface area (Å²) in [7, 11) is 0. The lowest BCUT2D eigenvalue weighted by Crippen LogP contribution is -2.54. The molecule has 0 bridgehead atoms. The molecule has 1 aliphatic heterocycles. The van der Waals surface area contributed by atoms with Crippen LogP contribution in [-0.4, -0.2) is 46.5 Å². The second-order valence-electron chi connectivity index (χ2n) is 8.64. The second-order valence-corrected chi connectivity index (χ2v) is 8.64. The van der Waals surface area contributed by atoms with Crippen LogP contribution in [-0.2, 0) is 4.79 Å². The Kier molecular flexibility index (Phi) is 8.10. The summed E-state index contributed by atoms with van der Waals surface area (Å²) in [6.45, 7) is 7.85. The number of carbonyl (C=O) groups excluding carboxylic acids is 1. The Bertz CT molecular complexity index is 1050. The Morgan fingerprint density at radius 1 is 1.00 bits per heavy atom. The van der Waals surface area contributed by atoms with E-state index in [1.807, 2.05) is 43.9 Å². The molecule has 1 saturated heterocycles. The molecule has 0 radical (unpaired) electrons. The van der Waals surface area contributed by atoms with Crippen LogP contribution in [0.5, 0.6) is 5.75 Å². The van der Waals surface area contributed by atoms with Crippen molar-refractivity contribution in [2.24, 2.45) is 23.1 Å². The molecule has 0 aromatic heterocycles. The Hall–Kier alpha value is -3.61. The van der Waals surface area contributed by atoms with E-state index in [-0.39, 0.29) is 29.4 Å². The maximum absolute atomic E-state index is 13.2. The Labute approximate surface area is 202 Å². The predicted molar refractivity (Wildman–Crippen MR) is 137 cm³/mol. The minimum atomic E-state index is 0.0161. The molecule has 2 aromatic carbocycles. The van der Waals surface area contributed by atoms with Gasteiger partial charge < -0.3 is 32.1 Å². The molecule has 7 N–H and O–H groups in total. The third kappa shape index (κ3) is 5.47. The van der Waals surface area contributed by atoms with E-state index in [1.54, 1.807) is 30.3 Å². The summed E-state index contributed by atoms with van der Waals surface area (Å²) in [5.74, 6) is 0.864. The number of amides is 1. The standard InChI is InChI=1S/C25H31N5O2.C2H6/c1-16-15-29(22(24(27)28)14-21(26)18-9-5-6-10-23(18)31)11-12-30(16)25(32)20-13-19(20)17-7-3-2-4-8-17;1-2/h2-10,14,16,19-20,31H,11-13,15,26-28H2,1H3;1-2H3/b21-14-;. The van der Waals surface area contributed by atoms with Crippen LogP contribution in [0.25, 0.3) is 5.70 Å². The number of allylic oxidation sites excluding steroid dienone is 1. The number of benzene rings is 2. The van der Waals surface area contributed by atoms with E-state index in [4.69, 9.17) is 17.2 Å². The van der Waals surface area contributed by atoms with Crippen molar-refractivity contribution in [3.63, 3.8) is 0 Å². The molecule has 182 valence electrons. The molecule has 0 spiro atoms. The van der Waals surface area contributed by atoms with Gasteiger partial charge >= 0.3 is 0 Å². The van der Waals surface area contributed by atoms with Gasteiger partial charge in [-0.3, -0.25) is 4.79 Å². The van der Waals surface area contributed by atoms with Gasteiger partial charge in [0.15, 0.2) is 0 Å². The van der Waals surface area contributed by atoms with Crippen molar-refractivity contribution >= 4 is 11.6 Å². The van der Waals surface area contributed by atoms with E-state index < -0.39 is 0 Å². The normalized spacial score (nSPS) is 21.9. The lowest BCUT2D eigenvalue weighted by Gasteiger charge is -2.41. The van der Waals surface area contributed by atoms with Gasteiger partial charge in [-0.2, -0.15) is 0 Å². The molecule has 1 heterocycles. The van der Waals surface area contributed by atoms with Crippen LogP contribution in [0.2, 0.25) is 0 Å². The molecular formula is C27H37N5O2. The lowest BCUT2D eigenvalue weighted by atomic mass is 10.1. The highest BCUT2D eigenvalue weighted by molar-refractivity contribution is 5.83. The number of piperazine rings is 1. The molecule has 4 rings (SSSR count). The van der Waals surface area contributed by atoms with E-state index in [2.05, 4.69) is 17.0 Å². The summed E-state index contributed by atoms with van der Waals surface area (Å²) in [5, 5.41) is 10.1. The SMILES string of the molecule is CC.CC1CN(C(/C=C(\N)c2ccccc2O)=C(N)N)CCN1C(=O)C1CC1c1ccccc1. The average Bonchev–Trinajstić information content (AvgIpc) is 3.65. The summed E-state index contributed by atoms with van der Waals surface area (Å²) >= 11 is 0. The smallest absolute Gasteiger partial charge is 0.226 e. The number of phenolic OH excluding ortho intramolecular Hbond substituents is 1. The largest absolute Gasteiger partial charge is 0.507 e. The predicted octanol–water partition coefficient (Wildman–Crippen LogP) is 3.14. The van der Waals surface area contributed by atoms with Gasteiger partial charge in [-0.05, 0) is 43.0 Å². The maximum atomic E-state index is 13.2. The van der Waals surface area contributed by atoms with Gasteiger partial charge in [0, 0.05) is 42.9 Å². The Morgan fingerprint density at radius 3 is 2.26 bits per heavy atom. The molecule has 7 heteroatoms. The molecule has 3 unspecified atom stereocenters. The topological polar surface area (TPSA) is 122 Å². The first-order valence-corrected chi connectivity index (χ1v) is 12.0. The van der Waals surface area contributed by atoms with Gasteiger partial charge in [-0.15, -0.1) is 0 Å². The van der Waals surface area contributed by atoms with Crippen molar-refractivity contribution in [2.45, 2.75) is 39.2 Å². The Morgan fingerprint density at radius 2 is 1.65 bits per heavy atom. The summed E-state index contributed by atoms with van der Waals surface area (Å²) < 4.78 is 0. The molecule has 1 amide bonds. The van der Waals surface area contributed by atoms with Crippen LogP contribution in [0.4, 0.5) is 0 Å². The van der Waals surface area contributed by atoms with Crippen LogP contribution in [0.3, 0.4) is 0 Å². The van der Waals surface area contributed by atoms with Gasteiger partial charge in [0.2, 0.25) is 5.91 Å². The van der Waals surface area contributed by atoms with Crippen molar-refractivity contribution in [2.75, 3.05) is 19.6 Å². The van der Waals surface area contributed by atoms with E-state index in [9.17, 15) is 9.90 Å². The number of hydrogen-bond acceptors (Lipinski definition) is 6. The van der Waals surface area contributed by atoms with E-state index in [0.29, 0.717) is 42.5 Å². The van der Waals surface area contributed by atoms with Crippen LogP contribution < -0.4 is 17.2 Å². The third-order valence-electron chi connectivity index (χ3n) is 6.39. The van der Waals surface area contributed by atoms with Gasteiger partial charge in [-0.25, -0.2) is 0 Å². The number of carbonyl (C=O) groups is 1. The number of rotatable bonds is 5. The highest BCUT2D eigenvalue weighted by Crippen LogP contribution is 2.48. The fourth-order valence-corrected chi connectivity index (χ4v) is 4.55. The number of nitrogens with zero attached hydrogens (tertiary/aromatic N) is 2. The first-order chi connectivity index (χ1) is 16.4. The van der Waals surface area contributed by atoms with Gasteiger partial charge in [-0.1, -0.05) is 56.3 Å². The zero-order valence-electron chi connectivity index (χ0n) is 20.3. The molecule has 1 aliphatic carbocycles. The molecule has 7 nitrogen and oxygen atoms in total. The Balaban J connectivity index is 0.00000158. The number of hydrogen-bond donors (Lipinski definition) is 4. The number of para-hydroxylation sites is 1. The monoisotopic (exact) mass is 463 g/mol. The molecular weight excluding hydrogens is 426 g/mol. The summed E-state index contributed by atoms with van der Waals surface area (Å²) in [6.07, 6.45) is 2.61. The molecule has 2 aliphatic rings. The van der Waals surface area contributed by atoms with Crippen molar-refractivity contribution in [3.05, 3.63) is 83.3 Å². The van der Waals surface area contributed by atoms with E-state index in [0.717, 1.165) is 6.42 Å². The number of phenols is 1. The summed E-state index contributed by atoms with van der Waals surface area (Å²) in [4.78, 5) is 17.2. The fraction of sp³-hybridized carbons (Fsp3) is 0.370. The molecule has 2 aromatic rings. The van der Waals surface area contributed by atoms with E-state index >= 15 is 0 Å². The third-order valence-corrected chi connectivity index (χ3v) is 6.39. The quantitative estimate of drug-likeness (QED) is 0.506. The van der Waals surface area contributed by atoms with Crippen molar-refractivity contribution in [3.8, 4) is 5.75 Å². The fourth-order valence-electron chi connectivity index (χ4n) is 4.55. The minimum Gasteiger partial charge on any atom is -0.507 e. The highest BCUT2D eigenvalue weighted by Gasteiger charge is 2.47. The second kappa shape index (κ2) is 11.0. The lowest BCUT2D eigenvalue weighted by molar-refractivity contribution is -0.136. The van der Waals surface area contributed by atoms with Crippen LogP contribution in [0, 0.1) is 5.92 Å². The molecule has 3 atom stereocenters. The van der Waals surface area contributed by atoms with Gasteiger partial charge in [0.05, 0.1) is 5.70 Å². The molecule has 1 saturated carbocycles. The van der Waals surface area contributed by atoms with Crippen LogP contribution >= 0.6 is 0 Å². The van der Waals surface area contributed by atoms with Crippen LogP contribution in [0.15, 0.2) is 72.2 Å². The summed E-state index contributed by atoms with van der Waals surface area (Å²) in [6, 6.07) is 17.1. The van der Waals surface area contributed by atoms with E-state index in [1.165, 1.54) is 5.56 Å². The average molecular weight is 464 g/mol. The molecule has 2 fully saturated rings.